The van der Waals surface area contributed by atoms with Gasteiger partial charge < -0.3 is 0 Å². The van der Waals surface area contributed by atoms with E-state index >= 15 is 0 Å². The molecule has 37 heavy (non-hydrogen) atoms. The normalized spacial score (nSPS) is 162. The van der Waals surface area contributed by atoms with Crippen molar-refractivity contribution in [1.82, 2.24) is 0 Å². The molecule has 0 radical (unpaired) electrons. The average Bonchev–Trinajstić information content (AvgIpc) is 3.66. The summed E-state index contributed by atoms with van der Waals surface area (Å²) in [6.45, 7) is -9.54. The molecule has 30 heterocycles. The number of hydrogen-bond donors (Lipinski definition) is 0. The van der Waals surface area contributed by atoms with E-state index in [1.54, 1.807) is 0 Å². The minimum absolute atomic E-state index is 0.833. The van der Waals surface area contributed by atoms with Crippen LogP contribution in [-0.4, -0.2) is 0 Å². The fourth-order valence-corrected chi connectivity index (χ4v) is 270. The third-order valence-corrected chi connectivity index (χ3v) is 172. The molecule has 30 saturated heterocycles. The second-order valence-electron chi connectivity index (χ2n) is 29.6. The number of rotatable bonds is 0. The zero-order chi connectivity index (χ0) is 20.8. The molecule has 0 aliphatic carbocycles. The molecule has 0 N–H and O–H groups in total. The van der Waals surface area contributed by atoms with Crippen LogP contribution in [0.4, 0.5) is 0 Å². The van der Waals surface area contributed by atoms with Gasteiger partial charge in [0.25, 0.3) is 0 Å². The van der Waals surface area contributed by atoms with Gasteiger partial charge in [0.05, 0.1) is 0 Å². The van der Waals surface area contributed by atoms with Gasteiger partial charge in [-0.15, -0.1) is 0 Å². The molecule has 0 aromatic heterocycles. The van der Waals surface area contributed by atoms with Crippen LogP contribution in [-0.2, 0) is 19.5 Å². The van der Waals surface area contributed by atoms with Crippen LogP contribution in [0.2, 0.25) is 142 Å². The van der Waals surface area contributed by atoms with Crippen molar-refractivity contribution >= 4 is 0 Å². The molecule has 0 nitrogen and oxygen atoms in total. The van der Waals surface area contributed by atoms with Gasteiger partial charge in [0.2, 0.25) is 0 Å². The molecule has 0 amide bonds. The van der Waals surface area contributed by atoms with Crippen LogP contribution in [0, 0.1) is 23.7 Å². The molecule has 0 saturated carbocycles. The Morgan fingerprint density at radius 2 is 0.541 bits per heavy atom. The van der Waals surface area contributed by atoms with Crippen molar-refractivity contribution in [2.24, 2.45) is 0 Å². The third-order valence-electron chi connectivity index (χ3n) is 45.1. The molecule has 0 aromatic rings. The standard InChI is InChI=1S/2C12H8.2C5H5.3Fe/c2*1-2-6-11(5-1)9-10-12-7-3-4-8-12;2*1-2-4-5-3-1;;;/h2*1-8H;2*1-5H;;;. The SMILES string of the molecule is C(#C[C]12[CH]3[CH]4[CH]5[CH]1[Fe]45321678[CH]2[CH]1[CH]6[C]7(C#C[C]13[CH]4[CH]5[CH]6[CH]1[Fe]5643179%10[CH]3[CH]1[CH]7[CH]9[CH]3%10)[CH]28)[C]12[CH]3[CH]4[CH]5[CH]1[Fe]45321678[CH]2[CH]1[CH]6[CH]7[CH]28. The summed E-state index contributed by atoms with van der Waals surface area (Å²) >= 11 is 0. The number of hydrogen-bond acceptors (Lipinski definition) is 0. The Labute approximate surface area is 184 Å². The summed E-state index contributed by atoms with van der Waals surface area (Å²) in [5, 5.41) is 0. The molecule has 30 aliphatic rings. The molecule has 186 valence electrons. The van der Waals surface area contributed by atoms with Crippen LogP contribution in [0.5, 0.6) is 0 Å². The van der Waals surface area contributed by atoms with E-state index in [-0.39, 0.29) is 0 Å². The van der Waals surface area contributed by atoms with E-state index in [2.05, 4.69) is 0 Å². The van der Waals surface area contributed by atoms with Gasteiger partial charge in [-0.05, 0) is 0 Å². The van der Waals surface area contributed by atoms with Crippen molar-refractivity contribution in [3.05, 3.63) is 0 Å². The monoisotopic (exact) mass is 602 g/mol. The van der Waals surface area contributed by atoms with Crippen molar-refractivity contribution in [2.75, 3.05) is 0 Å². The topological polar surface area (TPSA) is 0 Å². The molecule has 30 aliphatic heterocycles. The van der Waals surface area contributed by atoms with E-state index in [1.165, 1.54) is 125 Å². The van der Waals surface area contributed by atoms with Crippen LogP contribution in [0.25, 0.3) is 0 Å². The second kappa shape index (κ2) is 0.799. The first kappa shape index (κ1) is 11.4. The van der Waals surface area contributed by atoms with Crippen LogP contribution in [0.15, 0.2) is 0 Å². The van der Waals surface area contributed by atoms with Crippen molar-refractivity contribution in [3.8, 4) is 23.7 Å². The van der Waals surface area contributed by atoms with Crippen molar-refractivity contribution in [2.45, 2.75) is 142 Å². The molecule has 3 spiro atoms. The average molecular weight is 602 g/mol. The Hall–Kier alpha value is 0.678. The molecular weight excluding hydrogens is 576 g/mol. The second-order valence-corrected chi connectivity index (χ2v) is 100.0. The van der Waals surface area contributed by atoms with E-state index < -0.39 is 19.5 Å². The van der Waals surface area contributed by atoms with Gasteiger partial charge in [0, 0.05) is 0 Å². The Morgan fingerprint density at radius 3 is 0.730 bits per heavy atom. The molecule has 3 heteroatoms. The summed E-state index contributed by atoms with van der Waals surface area (Å²) in [4.78, 5) is 37.6. The number of fused-ring (bicyclic) bond motifs is 30. The molecule has 30 rings (SSSR count). The van der Waals surface area contributed by atoms with Gasteiger partial charge in [-0.1, -0.05) is 0 Å². The van der Waals surface area contributed by atoms with E-state index in [0.29, 0.717) is 0 Å². The molecule has 16 atom stereocenters. The molecule has 0 bridgehead atoms. The summed E-state index contributed by atoms with van der Waals surface area (Å²) in [6.07, 6.45) is 0. The first-order valence-electron chi connectivity index (χ1n) is 17.2. The molecule has 16 unspecified atom stereocenters. The first-order valence-corrected chi connectivity index (χ1v) is 35.9. The quantitative estimate of drug-likeness (QED) is 0.192. The van der Waals surface area contributed by atoms with Gasteiger partial charge in [0.1, 0.15) is 0 Å². The third kappa shape index (κ3) is 0.0992. The van der Waals surface area contributed by atoms with Crippen molar-refractivity contribution in [3.63, 3.8) is 0 Å². The maximum atomic E-state index is 4.78. The fourth-order valence-electron chi connectivity index (χ4n) is 50.6. The van der Waals surface area contributed by atoms with Crippen LogP contribution in [0.3, 0.4) is 0 Å². The van der Waals surface area contributed by atoms with Crippen LogP contribution < -0.4 is 0 Å². The van der Waals surface area contributed by atoms with Crippen LogP contribution >= 0.6 is 0 Å². The predicted octanol–water partition coefficient (Wildman–Crippen LogP) is 9.64. The zero-order valence-corrected chi connectivity index (χ0v) is 23.4. The molecular formula is C34H26Fe3. The van der Waals surface area contributed by atoms with Gasteiger partial charge in [-0.2, -0.15) is 0 Å². The van der Waals surface area contributed by atoms with Gasteiger partial charge in [0.15, 0.2) is 0 Å². The summed E-state index contributed by atoms with van der Waals surface area (Å²) in [6, 6.07) is 0. The Kier molecular flexibility index (Phi) is 0.246. The van der Waals surface area contributed by atoms with Gasteiger partial charge in [-0.3, -0.25) is 0 Å². The zero-order valence-electron chi connectivity index (χ0n) is 20.1. The minimum atomic E-state index is -3.49. The summed E-state index contributed by atoms with van der Waals surface area (Å²) in [5.41, 5.74) is 0. The maximum absolute atomic E-state index is 4.78. The molecule has 0 aromatic carbocycles. The van der Waals surface area contributed by atoms with Crippen LogP contribution in [0.1, 0.15) is 0 Å². The molecule has 30 fully saturated rings. The van der Waals surface area contributed by atoms with E-state index in [1.807, 2.05) is 0 Å². The Morgan fingerprint density at radius 1 is 0.270 bits per heavy atom. The van der Waals surface area contributed by atoms with Gasteiger partial charge in [-0.25, -0.2) is 0 Å². The van der Waals surface area contributed by atoms with Crippen molar-refractivity contribution < 1.29 is 19.5 Å². The van der Waals surface area contributed by atoms with E-state index in [0.717, 1.165) is 17.3 Å². The summed E-state index contributed by atoms with van der Waals surface area (Å²) in [7, 11) is 0. The summed E-state index contributed by atoms with van der Waals surface area (Å²) < 4.78 is 3.48. The van der Waals surface area contributed by atoms with Crippen molar-refractivity contribution in [1.29, 1.82) is 0 Å². The van der Waals surface area contributed by atoms with E-state index in [9.17, 15) is 0 Å². The van der Waals surface area contributed by atoms with E-state index in [4.69, 9.17) is 23.7 Å². The first-order chi connectivity index (χ1) is 17.4. The Balaban J connectivity index is 0.817. The fraction of sp³-hybridized carbons (Fsp3) is 0.882. The Bertz CT molecular complexity index is 3210. The summed E-state index contributed by atoms with van der Waals surface area (Å²) in [5.74, 6) is 19.0. The van der Waals surface area contributed by atoms with Gasteiger partial charge >= 0.3 is 186 Å². The predicted molar refractivity (Wildman–Crippen MR) is 124 cm³/mol.